The minimum absolute atomic E-state index is 1.08. The summed E-state index contributed by atoms with van der Waals surface area (Å²) in [6.45, 7) is 2.19. The van der Waals surface area contributed by atoms with Gasteiger partial charge in [-0.2, -0.15) is 0 Å². The van der Waals surface area contributed by atoms with Crippen LogP contribution in [-0.4, -0.2) is 0 Å². The Hall–Kier alpha value is 0.260. The van der Waals surface area contributed by atoms with E-state index in [4.69, 9.17) is 0 Å². The Labute approximate surface area is 101 Å². The first-order valence-electron chi connectivity index (χ1n) is 4.11. The zero-order valence-corrected chi connectivity index (χ0v) is 11.0. The van der Waals surface area contributed by atoms with Gasteiger partial charge < -0.3 is 0 Å². The van der Waals surface area contributed by atoms with Gasteiger partial charge in [0.15, 0.2) is 0 Å². The summed E-state index contributed by atoms with van der Waals surface area (Å²) >= 11 is 8.64. The summed E-state index contributed by atoms with van der Waals surface area (Å²) in [6.07, 6.45) is 1.08. The van der Waals surface area contributed by atoms with Gasteiger partial charge in [0.2, 0.25) is 0 Å². The molecule has 0 fully saturated rings. The molecule has 0 bridgehead atoms. The van der Waals surface area contributed by atoms with Gasteiger partial charge in [0.25, 0.3) is 0 Å². The van der Waals surface area contributed by atoms with E-state index < -0.39 is 0 Å². The SMILES string of the molecule is CCc1cc(S)c(I)c2sccc12. The van der Waals surface area contributed by atoms with Crippen molar-refractivity contribution in [2.24, 2.45) is 0 Å². The molecular formula is C10H9IS2. The Morgan fingerprint density at radius 1 is 1.54 bits per heavy atom. The maximum atomic E-state index is 4.47. The molecular weight excluding hydrogens is 311 g/mol. The number of thiol groups is 1. The fraction of sp³-hybridized carbons (Fsp3) is 0.200. The van der Waals surface area contributed by atoms with Gasteiger partial charge in [-0.15, -0.1) is 24.0 Å². The monoisotopic (exact) mass is 320 g/mol. The first-order chi connectivity index (χ1) is 6.24. The lowest BCUT2D eigenvalue weighted by Gasteiger charge is -2.04. The number of thiophene rings is 1. The first-order valence-corrected chi connectivity index (χ1v) is 6.52. The van der Waals surface area contributed by atoms with Crippen LogP contribution in [0.3, 0.4) is 0 Å². The van der Waals surface area contributed by atoms with Crippen molar-refractivity contribution in [2.45, 2.75) is 18.2 Å². The van der Waals surface area contributed by atoms with E-state index >= 15 is 0 Å². The zero-order chi connectivity index (χ0) is 9.42. The third kappa shape index (κ3) is 1.62. The molecule has 0 N–H and O–H groups in total. The second kappa shape index (κ2) is 3.79. The van der Waals surface area contributed by atoms with Crippen molar-refractivity contribution in [1.29, 1.82) is 0 Å². The van der Waals surface area contributed by atoms with Crippen molar-refractivity contribution < 1.29 is 0 Å². The molecule has 1 aromatic carbocycles. The minimum Gasteiger partial charge on any atom is -0.143 e. The van der Waals surface area contributed by atoms with Gasteiger partial charge in [0, 0.05) is 13.2 Å². The molecule has 68 valence electrons. The summed E-state index contributed by atoms with van der Waals surface area (Å²) in [4.78, 5) is 1.10. The van der Waals surface area contributed by atoms with Crippen molar-refractivity contribution in [3.05, 3.63) is 26.6 Å². The Bertz CT molecular complexity index is 445. The maximum absolute atomic E-state index is 4.47. The minimum atomic E-state index is 1.08. The highest BCUT2D eigenvalue weighted by Gasteiger charge is 2.07. The average molecular weight is 320 g/mol. The molecule has 0 aliphatic rings. The van der Waals surface area contributed by atoms with Gasteiger partial charge in [-0.1, -0.05) is 6.92 Å². The van der Waals surface area contributed by atoms with E-state index in [0.717, 1.165) is 11.3 Å². The topological polar surface area (TPSA) is 0 Å². The summed E-state index contributed by atoms with van der Waals surface area (Å²) in [5.41, 5.74) is 1.40. The fourth-order valence-corrected chi connectivity index (χ4v) is 3.50. The number of rotatable bonds is 1. The largest absolute Gasteiger partial charge is 0.143 e. The van der Waals surface area contributed by atoms with Crippen molar-refractivity contribution in [2.75, 3.05) is 0 Å². The van der Waals surface area contributed by atoms with Gasteiger partial charge in [-0.3, -0.25) is 0 Å². The van der Waals surface area contributed by atoms with E-state index in [9.17, 15) is 0 Å². The second-order valence-corrected chi connectivity index (χ2v) is 5.36. The van der Waals surface area contributed by atoms with E-state index in [-0.39, 0.29) is 0 Å². The molecule has 0 atom stereocenters. The molecule has 0 aliphatic heterocycles. The molecule has 2 rings (SSSR count). The zero-order valence-electron chi connectivity index (χ0n) is 7.17. The Morgan fingerprint density at radius 3 is 3.00 bits per heavy atom. The molecule has 1 heterocycles. The molecule has 2 aromatic rings. The van der Waals surface area contributed by atoms with Crippen LogP contribution < -0.4 is 0 Å². The lowest BCUT2D eigenvalue weighted by Crippen LogP contribution is -1.84. The van der Waals surface area contributed by atoms with Gasteiger partial charge >= 0.3 is 0 Å². The smallest absolute Gasteiger partial charge is 0.0490 e. The van der Waals surface area contributed by atoms with Gasteiger partial charge in [-0.05, 0) is 57.5 Å². The molecule has 0 saturated carbocycles. The fourth-order valence-electron chi connectivity index (χ4n) is 1.45. The standard InChI is InChI=1S/C10H9IS2/c1-2-6-5-8(12)9(11)10-7(6)3-4-13-10/h3-5,12H,2H2,1H3. The highest BCUT2D eigenvalue weighted by molar-refractivity contribution is 14.1. The molecule has 1 aromatic heterocycles. The van der Waals surface area contributed by atoms with Crippen LogP contribution in [0.2, 0.25) is 0 Å². The molecule has 0 saturated heterocycles. The van der Waals surface area contributed by atoms with Crippen LogP contribution in [0.4, 0.5) is 0 Å². The summed E-state index contributed by atoms with van der Waals surface area (Å²) in [6, 6.07) is 4.38. The number of hydrogen-bond donors (Lipinski definition) is 1. The number of hydrogen-bond acceptors (Lipinski definition) is 2. The van der Waals surface area contributed by atoms with Crippen LogP contribution in [0, 0.1) is 3.57 Å². The van der Waals surface area contributed by atoms with Crippen LogP contribution in [-0.2, 0) is 6.42 Å². The van der Waals surface area contributed by atoms with E-state index in [2.05, 4.69) is 59.7 Å². The predicted molar refractivity (Wildman–Crippen MR) is 71.2 cm³/mol. The van der Waals surface area contributed by atoms with Crippen molar-refractivity contribution >= 4 is 56.6 Å². The summed E-state index contributed by atoms with van der Waals surface area (Å²) in [5.74, 6) is 0. The average Bonchev–Trinajstić information content (AvgIpc) is 2.60. The lowest BCUT2D eigenvalue weighted by atomic mass is 10.1. The van der Waals surface area contributed by atoms with Gasteiger partial charge in [0.05, 0.1) is 0 Å². The van der Waals surface area contributed by atoms with Crippen molar-refractivity contribution in [3.63, 3.8) is 0 Å². The molecule has 0 aliphatic carbocycles. The number of fused-ring (bicyclic) bond motifs is 1. The van der Waals surface area contributed by atoms with Gasteiger partial charge in [-0.25, -0.2) is 0 Å². The van der Waals surface area contributed by atoms with Crippen LogP contribution in [0.15, 0.2) is 22.4 Å². The molecule has 0 spiro atoms. The Balaban J connectivity index is 2.87. The van der Waals surface area contributed by atoms with E-state index in [0.29, 0.717) is 0 Å². The molecule has 0 radical (unpaired) electrons. The molecule has 3 heteroatoms. The van der Waals surface area contributed by atoms with E-state index in [1.807, 2.05) is 0 Å². The highest BCUT2D eigenvalue weighted by Crippen LogP contribution is 2.33. The Morgan fingerprint density at radius 2 is 2.31 bits per heavy atom. The quantitative estimate of drug-likeness (QED) is 0.586. The summed E-state index contributed by atoms with van der Waals surface area (Å²) in [5, 5.41) is 3.55. The second-order valence-electron chi connectivity index (χ2n) is 2.89. The van der Waals surface area contributed by atoms with E-state index in [1.54, 1.807) is 11.3 Å². The van der Waals surface area contributed by atoms with Crippen LogP contribution >= 0.6 is 46.6 Å². The Kier molecular flexibility index (Phi) is 2.86. The van der Waals surface area contributed by atoms with Crippen molar-refractivity contribution in [3.8, 4) is 0 Å². The van der Waals surface area contributed by atoms with Crippen LogP contribution in [0.1, 0.15) is 12.5 Å². The number of aryl methyl sites for hydroxylation is 1. The van der Waals surface area contributed by atoms with E-state index in [1.165, 1.54) is 19.2 Å². The molecule has 13 heavy (non-hydrogen) atoms. The van der Waals surface area contributed by atoms with Crippen molar-refractivity contribution in [1.82, 2.24) is 0 Å². The highest BCUT2D eigenvalue weighted by atomic mass is 127. The first kappa shape index (κ1) is 9.80. The summed E-state index contributed by atoms with van der Waals surface area (Å²) in [7, 11) is 0. The van der Waals surface area contributed by atoms with Gasteiger partial charge in [0.1, 0.15) is 0 Å². The maximum Gasteiger partial charge on any atom is 0.0490 e. The predicted octanol–water partition coefficient (Wildman–Crippen LogP) is 4.36. The molecule has 0 nitrogen and oxygen atoms in total. The molecule has 0 amide bonds. The number of halogens is 1. The summed E-state index contributed by atoms with van der Waals surface area (Å²) < 4.78 is 2.66. The van der Waals surface area contributed by atoms with Crippen LogP contribution in [0.25, 0.3) is 10.1 Å². The third-order valence-electron chi connectivity index (χ3n) is 2.13. The lowest BCUT2D eigenvalue weighted by molar-refractivity contribution is 1.14. The normalized spacial score (nSPS) is 11.0. The molecule has 0 unspecified atom stereocenters. The van der Waals surface area contributed by atoms with Crippen LogP contribution in [0.5, 0.6) is 0 Å². The third-order valence-corrected chi connectivity index (χ3v) is 5.33. The number of benzene rings is 1.